The smallest absolute Gasteiger partial charge is 0.339 e. The van der Waals surface area contributed by atoms with E-state index in [4.69, 9.17) is 13.9 Å². The van der Waals surface area contributed by atoms with Gasteiger partial charge in [-0.1, -0.05) is 30.9 Å². The largest absolute Gasteiger partial charge is 0.487 e. The number of rotatable bonds is 8. The molecule has 1 aromatic heterocycles. The van der Waals surface area contributed by atoms with Crippen molar-refractivity contribution in [2.24, 2.45) is 0 Å². The van der Waals surface area contributed by atoms with Crippen molar-refractivity contribution < 1.29 is 18.7 Å². The maximum Gasteiger partial charge on any atom is 0.339 e. The summed E-state index contributed by atoms with van der Waals surface area (Å²) in [7, 11) is 0. The quantitative estimate of drug-likeness (QED) is 0.401. The molecule has 0 saturated heterocycles. The van der Waals surface area contributed by atoms with E-state index in [0.29, 0.717) is 34.9 Å². The second-order valence-corrected chi connectivity index (χ2v) is 6.09. The summed E-state index contributed by atoms with van der Waals surface area (Å²) in [5, 5.41) is 3.36. The van der Waals surface area contributed by atoms with E-state index in [-0.39, 0.29) is 6.61 Å². The van der Waals surface area contributed by atoms with Gasteiger partial charge in [0.1, 0.15) is 18.1 Å². The maximum absolute atomic E-state index is 12.8. The van der Waals surface area contributed by atoms with Crippen LogP contribution in [0.5, 0.6) is 5.75 Å². The van der Waals surface area contributed by atoms with Crippen LogP contribution in [0.4, 0.5) is 11.4 Å². The van der Waals surface area contributed by atoms with Crippen molar-refractivity contribution in [2.45, 2.75) is 13.8 Å². The zero-order valence-electron chi connectivity index (χ0n) is 16.0. The average molecular weight is 377 g/mol. The van der Waals surface area contributed by atoms with E-state index >= 15 is 0 Å². The molecule has 0 bridgehead atoms. The fourth-order valence-corrected chi connectivity index (χ4v) is 2.96. The molecule has 0 aliphatic heterocycles. The number of benzene rings is 2. The first-order valence-corrected chi connectivity index (χ1v) is 9.10. The van der Waals surface area contributed by atoms with Gasteiger partial charge in [0.25, 0.3) is 0 Å². The molecule has 28 heavy (non-hydrogen) atoms. The summed E-state index contributed by atoms with van der Waals surface area (Å²) in [5.74, 6) is 0.763. The molecule has 0 atom stereocenters. The number of para-hydroxylation sites is 1. The van der Waals surface area contributed by atoms with Crippen molar-refractivity contribution >= 4 is 17.3 Å². The zero-order chi connectivity index (χ0) is 19.9. The Morgan fingerprint density at radius 3 is 2.64 bits per heavy atom. The number of nitrogens with one attached hydrogen (secondary N) is 1. The molecule has 3 aromatic rings. The highest BCUT2D eigenvalue weighted by Crippen LogP contribution is 2.40. The van der Waals surface area contributed by atoms with Crippen LogP contribution < -0.4 is 10.1 Å². The highest BCUT2D eigenvalue weighted by atomic mass is 16.5. The number of hydrogen-bond acceptors (Lipinski definition) is 5. The molecule has 0 spiro atoms. The summed E-state index contributed by atoms with van der Waals surface area (Å²) in [6, 6.07) is 15.1. The van der Waals surface area contributed by atoms with Gasteiger partial charge in [-0.15, -0.1) is 0 Å². The fraction of sp³-hybridized carbons (Fsp3) is 0.174. The Bertz CT molecular complexity index is 946. The Labute approximate surface area is 164 Å². The zero-order valence-corrected chi connectivity index (χ0v) is 16.0. The second-order valence-electron chi connectivity index (χ2n) is 6.09. The molecule has 3 rings (SSSR count). The molecule has 5 heteroatoms. The van der Waals surface area contributed by atoms with E-state index in [1.807, 2.05) is 37.3 Å². The average Bonchev–Trinajstić information content (AvgIpc) is 3.23. The summed E-state index contributed by atoms with van der Waals surface area (Å²) >= 11 is 0. The van der Waals surface area contributed by atoms with Gasteiger partial charge in [0.2, 0.25) is 0 Å². The van der Waals surface area contributed by atoms with E-state index < -0.39 is 5.97 Å². The predicted molar refractivity (Wildman–Crippen MR) is 110 cm³/mol. The number of furan rings is 1. The van der Waals surface area contributed by atoms with Gasteiger partial charge in [-0.05, 0) is 49.7 Å². The minimum Gasteiger partial charge on any atom is -0.487 e. The molecule has 1 heterocycles. The van der Waals surface area contributed by atoms with E-state index in [1.165, 1.54) is 0 Å². The van der Waals surface area contributed by atoms with Gasteiger partial charge in [-0.25, -0.2) is 4.79 Å². The van der Waals surface area contributed by atoms with E-state index in [1.54, 1.807) is 37.5 Å². The van der Waals surface area contributed by atoms with Crippen LogP contribution in [0.1, 0.15) is 22.8 Å². The first-order chi connectivity index (χ1) is 13.7. The van der Waals surface area contributed by atoms with E-state index in [0.717, 1.165) is 11.3 Å². The molecule has 144 valence electrons. The fourth-order valence-electron chi connectivity index (χ4n) is 2.96. The Hall–Kier alpha value is -3.47. The van der Waals surface area contributed by atoms with Gasteiger partial charge in [-0.2, -0.15) is 0 Å². The summed E-state index contributed by atoms with van der Waals surface area (Å²) in [5.41, 5.74) is 3.37. The normalized spacial score (nSPS) is 10.4. The molecule has 0 radical (unpaired) electrons. The van der Waals surface area contributed by atoms with Gasteiger partial charge in [0.05, 0.1) is 24.1 Å². The number of carbonyl (C=O) groups is 1. The number of ether oxygens (including phenoxy) is 2. The highest BCUT2D eigenvalue weighted by Gasteiger charge is 2.24. The summed E-state index contributed by atoms with van der Waals surface area (Å²) in [4.78, 5) is 12.8. The van der Waals surface area contributed by atoms with Crippen molar-refractivity contribution in [3.05, 3.63) is 78.6 Å². The minimum atomic E-state index is -0.405. The molecule has 0 unspecified atom stereocenters. The highest BCUT2D eigenvalue weighted by molar-refractivity contribution is 6.01. The second kappa shape index (κ2) is 8.95. The number of carbonyl (C=O) groups excluding carboxylic acids is 1. The van der Waals surface area contributed by atoms with Crippen LogP contribution in [0.3, 0.4) is 0 Å². The Morgan fingerprint density at radius 2 is 2.00 bits per heavy atom. The summed E-state index contributed by atoms with van der Waals surface area (Å²) in [6.45, 7) is 7.98. The Morgan fingerprint density at radius 1 is 1.21 bits per heavy atom. The van der Waals surface area contributed by atoms with E-state index in [2.05, 4.69) is 11.9 Å². The lowest BCUT2D eigenvalue weighted by atomic mass is 9.97. The van der Waals surface area contributed by atoms with Crippen molar-refractivity contribution in [3.8, 4) is 17.1 Å². The SMILES string of the molecule is C=CCOc1cc(-c2ccco2)c(C(=O)OCC)c(C)c1Nc1ccccc1. The van der Waals surface area contributed by atoms with Crippen molar-refractivity contribution in [3.63, 3.8) is 0 Å². The van der Waals surface area contributed by atoms with Crippen molar-refractivity contribution in [1.29, 1.82) is 0 Å². The number of esters is 1. The van der Waals surface area contributed by atoms with Gasteiger partial charge in [-0.3, -0.25) is 0 Å². The molecule has 2 aromatic carbocycles. The molecule has 0 aliphatic rings. The van der Waals surface area contributed by atoms with Gasteiger partial charge in [0, 0.05) is 11.3 Å². The molecular formula is C23H23NO4. The molecule has 0 saturated carbocycles. The van der Waals surface area contributed by atoms with Crippen LogP contribution in [-0.4, -0.2) is 19.2 Å². The van der Waals surface area contributed by atoms with Crippen LogP contribution in [0.2, 0.25) is 0 Å². The van der Waals surface area contributed by atoms with Crippen LogP contribution in [0, 0.1) is 6.92 Å². The predicted octanol–water partition coefficient (Wildman–Crippen LogP) is 5.74. The Kier molecular flexibility index (Phi) is 6.17. The monoisotopic (exact) mass is 377 g/mol. The lowest BCUT2D eigenvalue weighted by molar-refractivity contribution is 0.0526. The van der Waals surface area contributed by atoms with Gasteiger partial charge >= 0.3 is 5.97 Å². The summed E-state index contributed by atoms with van der Waals surface area (Å²) < 4.78 is 16.8. The van der Waals surface area contributed by atoms with Crippen molar-refractivity contribution in [2.75, 3.05) is 18.5 Å². The van der Waals surface area contributed by atoms with Crippen LogP contribution in [0.25, 0.3) is 11.3 Å². The standard InChI is InChI=1S/C23H23NO4/c1-4-13-27-20-15-18(19-12-9-14-28-19)21(23(25)26-5-2)16(3)22(20)24-17-10-7-6-8-11-17/h4,6-12,14-15,24H,1,5,13H2,2-3H3. The van der Waals surface area contributed by atoms with Gasteiger partial charge < -0.3 is 19.2 Å². The third kappa shape index (κ3) is 4.09. The lowest BCUT2D eigenvalue weighted by Crippen LogP contribution is -2.12. The van der Waals surface area contributed by atoms with Crippen LogP contribution >= 0.6 is 0 Å². The lowest BCUT2D eigenvalue weighted by Gasteiger charge is -2.20. The molecule has 1 N–H and O–H groups in total. The first-order valence-electron chi connectivity index (χ1n) is 9.10. The first kappa shape index (κ1) is 19.3. The Balaban J connectivity index is 2.19. The molecular weight excluding hydrogens is 354 g/mol. The molecule has 0 amide bonds. The van der Waals surface area contributed by atoms with Crippen LogP contribution in [0.15, 0.2) is 71.9 Å². The topological polar surface area (TPSA) is 60.7 Å². The molecule has 5 nitrogen and oxygen atoms in total. The van der Waals surface area contributed by atoms with Gasteiger partial charge in [0.15, 0.2) is 0 Å². The number of hydrogen-bond donors (Lipinski definition) is 1. The van der Waals surface area contributed by atoms with E-state index in [9.17, 15) is 4.79 Å². The third-order valence-corrected chi connectivity index (χ3v) is 4.21. The number of anilines is 2. The summed E-state index contributed by atoms with van der Waals surface area (Å²) in [6.07, 6.45) is 3.24. The molecule has 0 fully saturated rings. The molecule has 0 aliphatic carbocycles. The minimum absolute atomic E-state index is 0.284. The maximum atomic E-state index is 12.8. The van der Waals surface area contributed by atoms with Crippen molar-refractivity contribution in [1.82, 2.24) is 0 Å². The third-order valence-electron chi connectivity index (χ3n) is 4.21. The van der Waals surface area contributed by atoms with Crippen LogP contribution in [-0.2, 0) is 4.74 Å².